The quantitative estimate of drug-likeness (QED) is 0.549. The van der Waals surface area contributed by atoms with E-state index in [1.807, 2.05) is 0 Å². The van der Waals surface area contributed by atoms with E-state index in [4.69, 9.17) is 27.9 Å². The average molecular weight is 399 g/mol. The molecule has 0 saturated heterocycles. The molecule has 1 amide bonds. The Morgan fingerprint density at radius 3 is 2.69 bits per heavy atom. The molecule has 138 valence electrons. The third kappa shape index (κ3) is 4.85. The zero-order valence-corrected chi connectivity index (χ0v) is 15.3. The fraction of sp³-hybridized carbons (Fsp3) is 0.235. The van der Waals surface area contributed by atoms with Gasteiger partial charge in [-0.2, -0.15) is 0 Å². The van der Waals surface area contributed by atoms with Gasteiger partial charge in [0.1, 0.15) is 29.0 Å². The van der Waals surface area contributed by atoms with Crippen molar-refractivity contribution in [1.82, 2.24) is 5.32 Å². The summed E-state index contributed by atoms with van der Waals surface area (Å²) in [5.74, 6) is -0.348. The van der Waals surface area contributed by atoms with Crippen molar-refractivity contribution >= 4 is 34.8 Å². The van der Waals surface area contributed by atoms with Crippen LogP contribution in [0.5, 0.6) is 5.75 Å². The van der Waals surface area contributed by atoms with Crippen molar-refractivity contribution < 1.29 is 19.6 Å². The predicted molar refractivity (Wildman–Crippen MR) is 98.1 cm³/mol. The summed E-state index contributed by atoms with van der Waals surface area (Å²) in [6, 6.07) is 9.30. The van der Waals surface area contributed by atoms with Crippen molar-refractivity contribution in [1.29, 1.82) is 0 Å². The van der Waals surface area contributed by atoms with Gasteiger partial charge < -0.3 is 15.2 Å². The summed E-state index contributed by atoms with van der Waals surface area (Å²) in [5.41, 5.74) is 0.0459. The highest BCUT2D eigenvalue weighted by Gasteiger charge is 2.22. The number of nitro groups is 1. The lowest BCUT2D eigenvalue weighted by Crippen LogP contribution is -2.35. The molecule has 7 nitrogen and oxygen atoms in total. The van der Waals surface area contributed by atoms with Gasteiger partial charge in [0, 0.05) is 12.1 Å². The number of halogens is 2. The molecule has 2 aromatic carbocycles. The van der Waals surface area contributed by atoms with Crippen LogP contribution in [0.15, 0.2) is 36.4 Å². The number of benzene rings is 2. The van der Waals surface area contributed by atoms with E-state index in [0.29, 0.717) is 16.3 Å². The van der Waals surface area contributed by atoms with Gasteiger partial charge >= 0.3 is 0 Å². The van der Waals surface area contributed by atoms with Crippen LogP contribution in [-0.2, 0) is 0 Å². The molecule has 0 fully saturated rings. The Labute approximate surface area is 159 Å². The van der Waals surface area contributed by atoms with Crippen LogP contribution in [0.1, 0.15) is 15.9 Å². The number of carbonyl (C=O) groups is 1. The smallest absolute Gasteiger partial charge is 0.285 e. The largest absolute Gasteiger partial charge is 0.489 e. The molecule has 0 aliphatic rings. The van der Waals surface area contributed by atoms with Crippen LogP contribution >= 0.6 is 23.2 Å². The fourth-order valence-electron chi connectivity index (χ4n) is 2.23. The van der Waals surface area contributed by atoms with Crippen molar-refractivity contribution in [2.45, 2.75) is 13.0 Å². The minimum Gasteiger partial charge on any atom is -0.489 e. The number of nitrogens with zero attached hydrogens (tertiary/aromatic N) is 1. The Bertz CT molecular complexity index is 829. The standard InChI is InChI=1S/C17H16Cl2N2O5/c1-10-4-2-5-12(16(10)21(24)25)17(23)20-8-11(22)9-26-14-7-3-6-13(18)15(14)19/h2-7,11,22H,8-9H2,1H3,(H,20,23). The number of nitro benzene ring substituents is 1. The number of aliphatic hydroxyl groups excluding tert-OH is 1. The van der Waals surface area contributed by atoms with Gasteiger partial charge in [-0.05, 0) is 25.1 Å². The Morgan fingerprint density at radius 1 is 1.31 bits per heavy atom. The number of aliphatic hydroxyl groups is 1. The van der Waals surface area contributed by atoms with Crippen LogP contribution in [-0.4, -0.2) is 35.2 Å². The lowest BCUT2D eigenvalue weighted by molar-refractivity contribution is -0.385. The molecule has 0 bridgehead atoms. The van der Waals surface area contributed by atoms with E-state index in [2.05, 4.69) is 5.32 Å². The summed E-state index contributed by atoms with van der Waals surface area (Å²) < 4.78 is 5.37. The second-order valence-electron chi connectivity index (χ2n) is 5.45. The minimum atomic E-state index is -1.04. The lowest BCUT2D eigenvalue weighted by Gasteiger charge is -2.14. The van der Waals surface area contributed by atoms with Crippen LogP contribution in [0.3, 0.4) is 0 Å². The molecular weight excluding hydrogens is 383 g/mol. The van der Waals surface area contributed by atoms with Crippen LogP contribution in [0, 0.1) is 17.0 Å². The second-order valence-corrected chi connectivity index (χ2v) is 6.24. The molecule has 2 rings (SSSR count). The second kappa shape index (κ2) is 8.84. The number of carbonyl (C=O) groups excluding carboxylic acids is 1. The molecular formula is C17H16Cl2N2O5. The summed E-state index contributed by atoms with van der Waals surface area (Å²) in [4.78, 5) is 22.7. The Balaban J connectivity index is 1.94. The number of rotatable bonds is 7. The first kappa shape index (κ1) is 20.0. The van der Waals surface area contributed by atoms with Crippen molar-refractivity contribution in [3.63, 3.8) is 0 Å². The maximum atomic E-state index is 12.2. The number of hydrogen-bond acceptors (Lipinski definition) is 5. The zero-order chi connectivity index (χ0) is 19.3. The van der Waals surface area contributed by atoms with Crippen LogP contribution in [0.4, 0.5) is 5.69 Å². The monoisotopic (exact) mass is 398 g/mol. The van der Waals surface area contributed by atoms with Gasteiger partial charge in [-0.3, -0.25) is 14.9 Å². The van der Waals surface area contributed by atoms with E-state index in [1.54, 1.807) is 37.3 Å². The average Bonchev–Trinajstić information content (AvgIpc) is 2.60. The Morgan fingerprint density at radius 2 is 2.00 bits per heavy atom. The number of hydrogen-bond donors (Lipinski definition) is 2. The normalized spacial score (nSPS) is 11.7. The van der Waals surface area contributed by atoms with Gasteiger partial charge in [-0.15, -0.1) is 0 Å². The SMILES string of the molecule is Cc1cccc(C(=O)NCC(O)COc2cccc(Cl)c2Cl)c1[N+](=O)[O-]. The third-order valence-electron chi connectivity index (χ3n) is 3.51. The zero-order valence-electron chi connectivity index (χ0n) is 13.7. The molecule has 0 saturated carbocycles. The van der Waals surface area contributed by atoms with Crippen molar-refractivity contribution in [3.05, 3.63) is 67.7 Å². The van der Waals surface area contributed by atoms with Crippen molar-refractivity contribution in [2.75, 3.05) is 13.2 Å². The van der Waals surface area contributed by atoms with Gasteiger partial charge in [-0.1, -0.05) is 41.4 Å². The molecule has 26 heavy (non-hydrogen) atoms. The molecule has 1 unspecified atom stereocenters. The van der Waals surface area contributed by atoms with Gasteiger partial charge in [0.25, 0.3) is 11.6 Å². The van der Waals surface area contributed by atoms with Gasteiger partial charge in [0.05, 0.1) is 9.95 Å². The molecule has 0 radical (unpaired) electrons. The highest BCUT2D eigenvalue weighted by Crippen LogP contribution is 2.31. The molecule has 2 N–H and O–H groups in total. The summed E-state index contributed by atoms with van der Waals surface area (Å²) >= 11 is 11.8. The first-order chi connectivity index (χ1) is 12.3. The molecule has 0 aliphatic heterocycles. The van der Waals surface area contributed by atoms with Crippen LogP contribution in [0.25, 0.3) is 0 Å². The molecule has 9 heteroatoms. The summed E-state index contributed by atoms with van der Waals surface area (Å²) in [6.45, 7) is 1.25. The molecule has 2 aromatic rings. The Kier molecular flexibility index (Phi) is 6.79. The highest BCUT2D eigenvalue weighted by atomic mass is 35.5. The van der Waals surface area contributed by atoms with E-state index in [1.165, 1.54) is 6.07 Å². The molecule has 0 spiro atoms. The number of amides is 1. The number of para-hydroxylation sites is 1. The van der Waals surface area contributed by atoms with E-state index in [9.17, 15) is 20.0 Å². The van der Waals surface area contributed by atoms with Gasteiger partial charge in [0.2, 0.25) is 0 Å². The predicted octanol–water partition coefficient (Wildman–Crippen LogP) is 3.38. The topological polar surface area (TPSA) is 102 Å². The number of aryl methyl sites for hydroxylation is 1. The molecule has 0 heterocycles. The minimum absolute atomic E-state index is 0.0685. The summed E-state index contributed by atoms with van der Waals surface area (Å²) in [6.07, 6.45) is -1.04. The fourth-order valence-corrected chi connectivity index (χ4v) is 2.58. The van der Waals surface area contributed by atoms with E-state index >= 15 is 0 Å². The maximum Gasteiger partial charge on any atom is 0.285 e. The van der Waals surface area contributed by atoms with Crippen molar-refractivity contribution in [2.24, 2.45) is 0 Å². The lowest BCUT2D eigenvalue weighted by atomic mass is 10.1. The van der Waals surface area contributed by atoms with E-state index in [-0.39, 0.29) is 29.4 Å². The number of ether oxygens (including phenoxy) is 1. The van der Waals surface area contributed by atoms with Crippen LogP contribution < -0.4 is 10.1 Å². The van der Waals surface area contributed by atoms with Crippen LogP contribution in [0.2, 0.25) is 10.0 Å². The first-order valence-electron chi connectivity index (χ1n) is 7.58. The maximum absolute atomic E-state index is 12.2. The van der Waals surface area contributed by atoms with Gasteiger partial charge in [-0.25, -0.2) is 0 Å². The third-order valence-corrected chi connectivity index (χ3v) is 4.31. The molecule has 0 aromatic heterocycles. The highest BCUT2D eigenvalue weighted by molar-refractivity contribution is 6.42. The number of nitrogens with one attached hydrogen (secondary N) is 1. The van der Waals surface area contributed by atoms with Crippen molar-refractivity contribution in [3.8, 4) is 5.75 Å². The summed E-state index contributed by atoms with van der Waals surface area (Å²) in [5, 5.41) is 24.1. The summed E-state index contributed by atoms with van der Waals surface area (Å²) in [7, 11) is 0. The van der Waals surface area contributed by atoms with E-state index < -0.39 is 16.9 Å². The Hall–Kier alpha value is -2.35. The van der Waals surface area contributed by atoms with Gasteiger partial charge in [0.15, 0.2) is 0 Å². The van der Waals surface area contributed by atoms with E-state index in [0.717, 1.165) is 0 Å². The first-order valence-corrected chi connectivity index (χ1v) is 8.34. The molecule has 1 atom stereocenters. The molecule has 0 aliphatic carbocycles.